The number of carbonyl (C=O) groups excluding carboxylic acids is 2. The van der Waals surface area contributed by atoms with E-state index in [4.69, 9.17) is 0 Å². The van der Waals surface area contributed by atoms with Gasteiger partial charge in [0.2, 0.25) is 5.91 Å². The van der Waals surface area contributed by atoms with Gasteiger partial charge in [0.25, 0.3) is 5.91 Å². The first-order chi connectivity index (χ1) is 13.5. The lowest BCUT2D eigenvalue weighted by Gasteiger charge is -2.33. The highest BCUT2D eigenvalue weighted by Crippen LogP contribution is 2.22. The summed E-state index contributed by atoms with van der Waals surface area (Å²) in [5.41, 5.74) is 1.80. The molecule has 6 nitrogen and oxygen atoms in total. The van der Waals surface area contributed by atoms with Crippen molar-refractivity contribution in [1.82, 2.24) is 4.90 Å². The van der Waals surface area contributed by atoms with Gasteiger partial charge < -0.3 is 15.3 Å². The van der Waals surface area contributed by atoms with Gasteiger partial charge in [-0.3, -0.25) is 9.59 Å². The van der Waals surface area contributed by atoms with Crippen LogP contribution in [0.4, 0.5) is 5.69 Å². The van der Waals surface area contributed by atoms with E-state index in [9.17, 15) is 19.5 Å². The summed E-state index contributed by atoms with van der Waals surface area (Å²) in [7, 11) is 0. The number of carbonyl (C=O) groups is 3. The smallest absolute Gasteiger partial charge is 0.326 e. The van der Waals surface area contributed by atoms with Gasteiger partial charge in [0.1, 0.15) is 6.04 Å². The van der Waals surface area contributed by atoms with Gasteiger partial charge >= 0.3 is 5.97 Å². The first-order valence-electron chi connectivity index (χ1n) is 9.47. The number of likely N-dealkylation sites (tertiary alicyclic amines) is 1. The summed E-state index contributed by atoms with van der Waals surface area (Å²) >= 11 is 0. The average molecular weight is 380 g/mol. The Morgan fingerprint density at radius 2 is 1.82 bits per heavy atom. The third kappa shape index (κ3) is 4.39. The lowest BCUT2D eigenvalue weighted by Crippen LogP contribution is -2.48. The molecule has 0 bridgehead atoms. The van der Waals surface area contributed by atoms with Crippen molar-refractivity contribution in [3.05, 3.63) is 65.7 Å². The average Bonchev–Trinajstić information content (AvgIpc) is 2.73. The molecule has 2 amide bonds. The number of nitrogens with zero attached hydrogens (tertiary/aromatic N) is 1. The lowest BCUT2D eigenvalue weighted by molar-refractivity contribution is -0.143. The maximum Gasteiger partial charge on any atom is 0.326 e. The summed E-state index contributed by atoms with van der Waals surface area (Å²) in [5, 5.41) is 12.2. The van der Waals surface area contributed by atoms with Crippen LogP contribution in [0.5, 0.6) is 0 Å². The first kappa shape index (κ1) is 19.6. The number of hydrogen-bond acceptors (Lipinski definition) is 3. The van der Waals surface area contributed by atoms with E-state index in [1.54, 1.807) is 24.3 Å². The molecule has 2 aromatic carbocycles. The van der Waals surface area contributed by atoms with Crippen molar-refractivity contribution >= 4 is 23.5 Å². The van der Waals surface area contributed by atoms with Crippen LogP contribution in [0.1, 0.15) is 48.0 Å². The first-order valence-corrected chi connectivity index (χ1v) is 9.47. The number of piperidine rings is 1. The van der Waals surface area contributed by atoms with Gasteiger partial charge in [-0.15, -0.1) is 0 Å². The van der Waals surface area contributed by atoms with Crippen LogP contribution in [-0.2, 0) is 9.59 Å². The van der Waals surface area contributed by atoms with Crippen molar-refractivity contribution in [3.8, 4) is 0 Å². The zero-order valence-corrected chi connectivity index (χ0v) is 15.8. The van der Waals surface area contributed by atoms with Crippen LogP contribution >= 0.6 is 0 Å². The lowest BCUT2D eigenvalue weighted by atomic mass is 10.00. The summed E-state index contributed by atoms with van der Waals surface area (Å²) in [4.78, 5) is 38.3. The fourth-order valence-corrected chi connectivity index (χ4v) is 3.47. The zero-order chi connectivity index (χ0) is 20.1. The highest BCUT2D eigenvalue weighted by molar-refractivity contribution is 6.00. The second kappa shape index (κ2) is 8.69. The van der Waals surface area contributed by atoms with Crippen LogP contribution in [-0.4, -0.2) is 40.4 Å². The van der Waals surface area contributed by atoms with E-state index < -0.39 is 12.0 Å². The summed E-state index contributed by atoms with van der Waals surface area (Å²) in [6.45, 7) is 2.25. The minimum atomic E-state index is -0.978. The van der Waals surface area contributed by atoms with Crippen LogP contribution in [0.3, 0.4) is 0 Å². The monoisotopic (exact) mass is 380 g/mol. The molecular formula is C22H24N2O4. The summed E-state index contributed by atoms with van der Waals surface area (Å²) in [5.74, 6) is -1.80. The second-order valence-corrected chi connectivity index (χ2v) is 7.05. The Hall–Kier alpha value is -3.15. The predicted molar refractivity (Wildman–Crippen MR) is 106 cm³/mol. The number of hydrogen-bond donors (Lipinski definition) is 2. The number of benzene rings is 2. The van der Waals surface area contributed by atoms with Crippen LogP contribution in [0.2, 0.25) is 0 Å². The molecule has 2 N–H and O–H groups in total. The third-order valence-electron chi connectivity index (χ3n) is 5.12. The van der Waals surface area contributed by atoms with Gasteiger partial charge in [0.15, 0.2) is 0 Å². The molecule has 0 aromatic heterocycles. The Balaban J connectivity index is 1.74. The predicted octanol–water partition coefficient (Wildman–Crippen LogP) is 3.51. The Kier molecular flexibility index (Phi) is 6.09. The van der Waals surface area contributed by atoms with Gasteiger partial charge in [-0.05, 0) is 49.9 Å². The second-order valence-electron chi connectivity index (χ2n) is 7.05. The molecule has 0 radical (unpaired) electrons. The van der Waals surface area contributed by atoms with Crippen LogP contribution < -0.4 is 5.32 Å². The number of amides is 2. The van der Waals surface area contributed by atoms with E-state index in [1.807, 2.05) is 37.3 Å². The molecule has 1 aliphatic heterocycles. The molecule has 6 heteroatoms. The van der Waals surface area contributed by atoms with E-state index in [1.165, 1.54) is 4.90 Å². The van der Waals surface area contributed by atoms with Crippen molar-refractivity contribution in [1.29, 1.82) is 0 Å². The fourth-order valence-electron chi connectivity index (χ4n) is 3.47. The van der Waals surface area contributed by atoms with Crippen molar-refractivity contribution in [2.24, 2.45) is 0 Å². The van der Waals surface area contributed by atoms with E-state index in [-0.39, 0.29) is 17.7 Å². The highest BCUT2D eigenvalue weighted by atomic mass is 16.4. The van der Waals surface area contributed by atoms with Gasteiger partial charge in [0, 0.05) is 17.8 Å². The largest absolute Gasteiger partial charge is 0.480 e. The number of carboxylic acid groups (broad SMARTS) is 1. The molecule has 2 unspecified atom stereocenters. The molecule has 2 aromatic rings. The fraction of sp³-hybridized carbons (Fsp3) is 0.318. The zero-order valence-electron chi connectivity index (χ0n) is 15.8. The van der Waals surface area contributed by atoms with E-state index >= 15 is 0 Å². The molecule has 0 spiro atoms. The molecule has 1 heterocycles. The van der Waals surface area contributed by atoms with E-state index in [0.717, 1.165) is 18.4 Å². The molecule has 2 atom stereocenters. The summed E-state index contributed by atoms with van der Waals surface area (Å²) in [6.07, 6.45) is 2.06. The van der Waals surface area contributed by atoms with Crippen LogP contribution in [0.15, 0.2) is 54.6 Å². The maximum absolute atomic E-state index is 12.9. The van der Waals surface area contributed by atoms with Crippen molar-refractivity contribution in [2.75, 3.05) is 11.9 Å². The number of nitrogens with one attached hydrogen (secondary N) is 1. The number of rotatable bonds is 5. The molecule has 3 rings (SSSR count). The highest BCUT2D eigenvalue weighted by Gasteiger charge is 2.32. The maximum atomic E-state index is 12.9. The molecule has 0 aliphatic carbocycles. The molecule has 0 saturated carbocycles. The minimum Gasteiger partial charge on any atom is -0.480 e. The van der Waals surface area contributed by atoms with E-state index in [2.05, 4.69) is 5.32 Å². The van der Waals surface area contributed by atoms with Gasteiger partial charge in [-0.2, -0.15) is 0 Å². The van der Waals surface area contributed by atoms with Gasteiger partial charge in [0.05, 0.1) is 5.92 Å². The topological polar surface area (TPSA) is 86.7 Å². The molecule has 1 saturated heterocycles. The van der Waals surface area contributed by atoms with E-state index in [0.29, 0.717) is 24.2 Å². The number of carboxylic acids is 1. The molecular weight excluding hydrogens is 356 g/mol. The third-order valence-corrected chi connectivity index (χ3v) is 5.12. The molecule has 146 valence electrons. The Morgan fingerprint density at radius 3 is 2.54 bits per heavy atom. The van der Waals surface area contributed by atoms with Gasteiger partial charge in [-0.1, -0.05) is 36.4 Å². The number of anilines is 1. The molecule has 1 aliphatic rings. The molecule has 1 fully saturated rings. The molecule has 28 heavy (non-hydrogen) atoms. The normalized spacial score (nSPS) is 17.6. The quantitative estimate of drug-likeness (QED) is 0.831. The van der Waals surface area contributed by atoms with Crippen molar-refractivity contribution < 1.29 is 19.5 Å². The van der Waals surface area contributed by atoms with Crippen molar-refractivity contribution in [2.45, 2.75) is 38.1 Å². The minimum absolute atomic E-state index is 0.169. The summed E-state index contributed by atoms with van der Waals surface area (Å²) in [6, 6.07) is 15.3. The van der Waals surface area contributed by atoms with Crippen LogP contribution in [0.25, 0.3) is 0 Å². The van der Waals surface area contributed by atoms with Crippen molar-refractivity contribution in [3.63, 3.8) is 0 Å². The SMILES string of the molecule is CC(C(=O)Nc1cccc(C(=O)N2CCCCC2C(=O)O)c1)c1ccccc1. The standard InChI is InChI=1S/C22H24N2O4/c1-15(16-8-3-2-4-9-16)20(25)23-18-11-7-10-17(14-18)21(26)24-13-6-5-12-19(24)22(27)28/h2-4,7-11,14-15,19H,5-6,12-13H2,1H3,(H,23,25)(H,27,28). The Bertz CT molecular complexity index is 866. The van der Waals surface area contributed by atoms with Gasteiger partial charge in [-0.25, -0.2) is 4.79 Å². The Labute approximate surface area is 164 Å². The number of aliphatic carboxylic acids is 1. The summed E-state index contributed by atoms with van der Waals surface area (Å²) < 4.78 is 0. The van der Waals surface area contributed by atoms with Crippen LogP contribution in [0, 0.1) is 0 Å². The Morgan fingerprint density at radius 1 is 1.07 bits per heavy atom.